The van der Waals surface area contributed by atoms with E-state index >= 15 is 0 Å². The molecular weight excluding hydrogens is 840 g/mol. The summed E-state index contributed by atoms with van der Waals surface area (Å²) in [6, 6.07) is 12.2. The van der Waals surface area contributed by atoms with E-state index in [2.05, 4.69) is 52.5 Å². The Kier molecular flexibility index (Phi) is 21.0. The van der Waals surface area contributed by atoms with Crippen molar-refractivity contribution in [1.82, 2.24) is 19.7 Å². The van der Waals surface area contributed by atoms with Gasteiger partial charge in [0.2, 0.25) is 5.60 Å². The zero-order valence-corrected chi connectivity index (χ0v) is 39.1. The number of hydrogen-bond acceptors (Lipinski definition) is 14. The average Bonchev–Trinajstić information content (AvgIpc) is 3.84. The number of carbonyl (C=O) groups excluding carboxylic acids is 3. The molecule has 1 unspecified atom stereocenters. The number of nitrogens with two attached hydrogens (primary N) is 1. The molecule has 1 aliphatic heterocycles. The molecule has 1 aliphatic rings. The number of nitrogens with zero attached hydrogens (tertiary/aromatic N) is 4. The first-order valence-corrected chi connectivity index (χ1v) is 24.1. The lowest BCUT2D eigenvalue weighted by molar-refractivity contribution is -0.173. The number of para-hydroxylation sites is 1. The summed E-state index contributed by atoms with van der Waals surface area (Å²) in [6.45, 7) is 9.67. The van der Waals surface area contributed by atoms with Crippen LogP contribution in [0.2, 0.25) is 0 Å². The number of aromatic nitrogens is 3. The number of hydrogen-bond donors (Lipinski definition) is 2. The van der Waals surface area contributed by atoms with Crippen molar-refractivity contribution in [2.24, 2.45) is 11.8 Å². The van der Waals surface area contributed by atoms with Crippen LogP contribution < -0.4 is 15.3 Å². The summed E-state index contributed by atoms with van der Waals surface area (Å²) in [6.07, 6.45) is 18.7. The highest BCUT2D eigenvalue weighted by Crippen LogP contribution is 2.48. The second-order valence-corrected chi connectivity index (χ2v) is 18.2. The topological polar surface area (TPSA) is 216 Å². The number of benzene rings is 1. The number of rotatable bonds is 28. The van der Waals surface area contributed by atoms with Crippen LogP contribution in [-0.2, 0) is 48.0 Å². The van der Waals surface area contributed by atoms with E-state index in [0.29, 0.717) is 11.9 Å². The Hall–Kier alpha value is -5.07. The summed E-state index contributed by atoms with van der Waals surface area (Å²) in [5, 5.41) is 17.9. The van der Waals surface area contributed by atoms with Crippen LogP contribution in [0.25, 0.3) is 5.52 Å². The molecule has 2 aromatic heterocycles. The van der Waals surface area contributed by atoms with Crippen LogP contribution in [0.4, 0.5) is 5.82 Å². The number of nitriles is 1. The van der Waals surface area contributed by atoms with Gasteiger partial charge < -0.3 is 29.2 Å². The monoisotopic (exact) mass is 906 g/mol. The Balaban J connectivity index is 1.42. The molecule has 0 amide bonds. The van der Waals surface area contributed by atoms with Crippen LogP contribution in [0.3, 0.4) is 0 Å². The third kappa shape index (κ3) is 15.0. The molecule has 1 fully saturated rings. The summed E-state index contributed by atoms with van der Waals surface area (Å²) in [5.74, 6) is -3.11. The van der Waals surface area contributed by atoms with E-state index in [1.54, 1.807) is 64.1 Å². The van der Waals surface area contributed by atoms with Crippen molar-refractivity contribution in [3.63, 3.8) is 0 Å². The van der Waals surface area contributed by atoms with Gasteiger partial charge in [0, 0.05) is 0 Å². The third-order valence-corrected chi connectivity index (χ3v) is 12.2. The van der Waals surface area contributed by atoms with Gasteiger partial charge in [-0.2, -0.15) is 15.4 Å². The minimum absolute atomic E-state index is 0.0896. The number of ether oxygens (including phenoxy) is 4. The standard InChI is InChI=1S/C47H67N6O10P/c1-7-8-9-10-11-12-13-14-15-16-17-18-19-20-21-25-30-58-46(56)36(6)52-64(57,63-37-26-23-22-24-27-37)59-31-39-41(60-44(54)34(2)3)42(61-45(55)35(4)5)47(32-48,62-39)40-29-28-38-43(49)50-33-51-53(38)40/h11-12,14-15,22-24,26-29,33-36,39,41-42H,7-10,13,16-21,25,30-31H2,1-6H3,(H,52,57)(H2,49,50,51)/b12-11-,15-14-/t36-,39+,41+,42+,47-,64?/m0/s1. The largest absolute Gasteiger partial charge is 0.465 e. The van der Waals surface area contributed by atoms with E-state index in [-0.39, 0.29) is 23.9 Å². The molecular formula is C47H67N6O10P. The van der Waals surface area contributed by atoms with Gasteiger partial charge in [0.15, 0.2) is 18.0 Å². The second-order valence-electron chi connectivity index (χ2n) is 16.5. The predicted octanol–water partition coefficient (Wildman–Crippen LogP) is 9.10. The minimum atomic E-state index is -4.49. The third-order valence-electron chi connectivity index (χ3n) is 10.5. The number of carbonyl (C=O) groups is 3. The van der Waals surface area contributed by atoms with Crippen molar-refractivity contribution in [2.75, 3.05) is 18.9 Å². The average molecular weight is 907 g/mol. The molecule has 3 aromatic rings. The van der Waals surface area contributed by atoms with E-state index in [0.717, 1.165) is 51.4 Å². The van der Waals surface area contributed by atoms with E-state index < -0.39 is 74.1 Å². The van der Waals surface area contributed by atoms with Crippen LogP contribution in [0.15, 0.2) is 73.1 Å². The van der Waals surface area contributed by atoms with Crippen molar-refractivity contribution in [1.29, 1.82) is 5.26 Å². The zero-order chi connectivity index (χ0) is 46.5. The fourth-order valence-corrected chi connectivity index (χ4v) is 8.40. The Bertz CT molecular complexity index is 2090. The maximum atomic E-state index is 14.6. The van der Waals surface area contributed by atoms with Gasteiger partial charge in [-0.3, -0.25) is 18.9 Å². The molecule has 0 saturated carbocycles. The molecule has 3 N–H and O–H groups in total. The molecule has 0 spiro atoms. The number of anilines is 1. The van der Waals surface area contributed by atoms with Crippen LogP contribution in [-0.4, -0.2) is 70.1 Å². The highest BCUT2D eigenvalue weighted by molar-refractivity contribution is 7.52. The van der Waals surface area contributed by atoms with E-state index in [9.17, 15) is 24.2 Å². The molecule has 3 heterocycles. The van der Waals surface area contributed by atoms with Gasteiger partial charge in [0.05, 0.1) is 30.7 Å². The van der Waals surface area contributed by atoms with Gasteiger partial charge in [0.1, 0.15) is 35.8 Å². The molecule has 350 valence electrons. The SMILES string of the molecule is CCCCC/C=C\C/C=C\CCCCCCCCOC(=O)[C@H](C)NP(=O)(OC[C@H]1O[C@@](C#N)(c2ccc3c(N)ncnn23)[C@H](OC(=O)C(C)C)[C@@H]1OC(=O)C(C)C)Oc1ccccc1. The number of esters is 3. The molecule has 17 heteroatoms. The van der Waals surface area contributed by atoms with E-state index in [1.165, 1.54) is 43.1 Å². The maximum Gasteiger partial charge on any atom is 0.459 e. The molecule has 0 radical (unpaired) electrons. The molecule has 64 heavy (non-hydrogen) atoms. The number of unbranched alkanes of at least 4 members (excludes halogenated alkanes) is 9. The number of fused-ring (bicyclic) bond motifs is 1. The molecule has 0 bridgehead atoms. The lowest BCUT2D eigenvalue weighted by atomic mass is 9.92. The summed E-state index contributed by atoms with van der Waals surface area (Å²) in [5.41, 5.74) is 4.37. The fourth-order valence-electron chi connectivity index (χ4n) is 6.89. The molecule has 4 rings (SSSR count). The molecule has 6 atom stereocenters. The number of nitrogen functional groups attached to an aromatic ring is 1. The van der Waals surface area contributed by atoms with Gasteiger partial charge in [0.25, 0.3) is 0 Å². The smallest absolute Gasteiger partial charge is 0.459 e. The minimum Gasteiger partial charge on any atom is -0.465 e. The summed E-state index contributed by atoms with van der Waals surface area (Å²) in [7, 11) is -4.49. The Labute approximate surface area is 377 Å². The van der Waals surface area contributed by atoms with Crippen molar-refractivity contribution in [2.45, 2.75) is 149 Å². The first-order chi connectivity index (χ1) is 30.7. The van der Waals surface area contributed by atoms with Crippen LogP contribution in [0, 0.1) is 23.2 Å². The number of allylic oxidation sites excluding steroid dienone is 4. The van der Waals surface area contributed by atoms with Gasteiger partial charge >= 0.3 is 25.7 Å². The van der Waals surface area contributed by atoms with Crippen molar-refractivity contribution in [3.8, 4) is 11.8 Å². The first kappa shape index (κ1) is 51.6. The Morgan fingerprint density at radius 1 is 0.891 bits per heavy atom. The lowest BCUT2D eigenvalue weighted by Gasteiger charge is -2.29. The Morgan fingerprint density at radius 3 is 2.19 bits per heavy atom. The molecule has 16 nitrogen and oxygen atoms in total. The van der Waals surface area contributed by atoms with Crippen molar-refractivity contribution >= 4 is 37.0 Å². The highest BCUT2D eigenvalue weighted by Gasteiger charge is 2.63. The van der Waals surface area contributed by atoms with E-state index in [1.807, 2.05) is 0 Å². The predicted molar refractivity (Wildman–Crippen MR) is 243 cm³/mol. The number of nitrogens with one attached hydrogen (secondary N) is 1. The molecule has 0 aliphatic carbocycles. The van der Waals surface area contributed by atoms with Crippen LogP contribution in [0.5, 0.6) is 5.75 Å². The van der Waals surface area contributed by atoms with Crippen molar-refractivity contribution in [3.05, 3.63) is 78.8 Å². The maximum absolute atomic E-state index is 14.6. The fraction of sp³-hybridized carbons (Fsp3) is 0.574. The normalized spacial score (nSPS) is 20.1. The summed E-state index contributed by atoms with van der Waals surface area (Å²) in [4.78, 5) is 43.7. The quantitative estimate of drug-likeness (QED) is 0.0228. The molecule has 1 aromatic carbocycles. The molecule has 1 saturated heterocycles. The second kappa shape index (κ2) is 26.0. The van der Waals surface area contributed by atoms with Gasteiger partial charge in [-0.05, 0) is 69.7 Å². The van der Waals surface area contributed by atoms with Crippen LogP contribution in [0.1, 0.15) is 124 Å². The lowest BCUT2D eigenvalue weighted by Crippen LogP contribution is -2.47. The summed E-state index contributed by atoms with van der Waals surface area (Å²) >= 11 is 0. The first-order valence-electron chi connectivity index (χ1n) is 22.6. The van der Waals surface area contributed by atoms with E-state index in [4.69, 9.17) is 33.7 Å². The van der Waals surface area contributed by atoms with Gasteiger partial charge in [-0.25, -0.2) is 14.1 Å². The highest BCUT2D eigenvalue weighted by atomic mass is 31.2. The van der Waals surface area contributed by atoms with Crippen molar-refractivity contribution < 1.29 is 46.9 Å². The van der Waals surface area contributed by atoms with Gasteiger partial charge in [-0.1, -0.05) is 116 Å². The summed E-state index contributed by atoms with van der Waals surface area (Å²) < 4.78 is 51.7. The van der Waals surface area contributed by atoms with Crippen LogP contribution >= 0.6 is 7.75 Å². The Morgan fingerprint density at radius 2 is 1.53 bits per heavy atom. The zero-order valence-electron chi connectivity index (χ0n) is 38.2. The van der Waals surface area contributed by atoms with Gasteiger partial charge in [-0.15, -0.1) is 0 Å².